The minimum Gasteiger partial charge on any atom is -0.490 e. The van der Waals surface area contributed by atoms with Gasteiger partial charge in [-0.05, 0) is 49.6 Å². The molecular weight excluding hydrogens is 386 g/mol. The molecule has 4 aromatic rings. The van der Waals surface area contributed by atoms with Crippen LogP contribution < -0.4 is 4.74 Å². The van der Waals surface area contributed by atoms with Crippen LogP contribution >= 0.6 is 0 Å². The lowest BCUT2D eigenvalue weighted by atomic mass is 9.86. The van der Waals surface area contributed by atoms with Crippen LogP contribution in [0.3, 0.4) is 0 Å². The number of nitrogens with zero attached hydrogens (tertiary/aromatic N) is 3. The smallest absolute Gasteiger partial charge is 0.165 e. The lowest BCUT2D eigenvalue weighted by Crippen LogP contribution is -2.15. The van der Waals surface area contributed by atoms with Crippen molar-refractivity contribution in [3.63, 3.8) is 0 Å². The number of hydrogen-bond donors (Lipinski definition) is 0. The first-order valence-electron chi connectivity index (χ1n) is 10.5. The third-order valence-electron chi connectivity index (χ3n) is 5.67. The maximum Gasteiger partial charge on any atom is 0.165 e. The molecule has 154 valence electrons. The molecule has 0 aliphatic heterocycles. The minimum absolute atomic E-state index is 0.157. The molecule has 5 heteroatoms. The number of aromatic nitrogens is 3. The van der Waals surface area contributed by atoms with E-state index in [9.17, 15) is 4.79 Å². The van der Waals surface area contributed by atoms with E-state index in [2.05, 4.69) is 6.58 Å². The van der Waals surface area contributed by atoms with Gasteiger partial charge in [0.15, 0.2) is 11.4 Å². The van der Waals surface area contributed by atoms with Gasteiger partial charge in [0.1, 0.15) is 12.4 Å². The van der Waals surface area contributed by atoms with Gasteiger partial charge < -0.3 is 4.74 Å². The second-order valence-corrected chi connectivity index (χ2v) is 7.74. The molecule has 1 aliphatic carbocycles. The Morgan fingerprint density at radius 1 is 1.06 bits per heavy atom. The molecular formula is C26H23N3O2. The summed E-state index contributed by atoms with van der Waals surface area (Å²) in [7, 11) is 0. The Morgan fingerprint density at radius 3 is 2.58 bits per heavy atom. The van der Waals surface area contributed by atoms with Crippen molar-refractivity contribution in [2.24, 2.45) is 0 Å². The predicted molar refractivity (Wildman–Crippen MR) is 122 cm³/mol. The molecule has 1 aliphatic rings. The molecule has 5 rings (SSSR count). The van der Waals surface area contributed by atoms with E-state index in [-0.39, 0.29) is 5.78 Å². The molecule has 0 atom stereocenters. The highest BCUT2D eigenvalue weighted by Gasteiger charge is 2.28. The second-order valence-electron chi connectivity index (χ2n) is 7.74. The van der Waals surface area contributed by atoms with E-state index in [0.717, 1.165) is 63.4 Å². The number of pyridine rings is 1. The highest BCUT2D eigenvalue weighted by molar-refractivity contribution is 6.11. The summed E-state index contributed by atoms with van der Waals surface area (Å²) in [5.74, 6) is 0.926. The van der Waals surface area contributed by atoms with E-state index in [1.54, 1.807) is 6.08 Å². The van der Waals surface area contributed by atoms with Gasteiger partial charge in [0, 0.05) is 17.5 Å². The van der Waals surface area contributed by atoms with Crippen molar-refractivity contribution in [2.75, 3.05) is 6.61 Å². The van der Waals surface area contributed by atoms with Gasteiger partial charge in [0.25, 0.3) is 0 Å². The molecule has 0 amide bonds. The number of carbonyl (C=O) groups excluding carboxylic acids is 1. The first-order chi connectivity index (χ1) is 15.2. The SMILES string of the molecule is C=CCOc1ccc(-c2c3c(nc4c2c(C)nn4-c2ccccc2)CCCC3=O)cc1. The Morgan fingerprint density at radius 2 is 1.84 bits per heavy atom. The number of Topliss-reactive ketones (excluding diaryl/α,β-unsaturated/α-hetero) is 1. The van der Waals surface area contributed by atoms with Crippen molar-refractivity contribution in [3.05, 3.63) is 84.2 Å². The molecule has 2 aromatic heterocycles. The van der Waals surface area contributed by atoms with Crippen LogP contribution in [0.25, 0.3) is 27.8 Å². The molecule has 0 radical (unpaired) electrons. The maximum atomic E-state index is 13.0. The van der Waals surface area contributed by atoms with E-state index in [0.29, 0.717) is 13.0 Å². The molecule has 31 heavy (non-hydrogen) atoms. The summed E-state index contributed by atoms with van der Waals surface area (Å²) in [6, 6.07) is 17.9. The average Bonchev–Trinajstić information content (AvgIpc) is 3.13. The highest BCUT2D eigenvalue weighted by atomic mass is 16.5. The molecule has 0 fully saturated rings. The van der Waals surface area contributed by atoms with Crippen LogP contribution in [0.1, 0.15) is 34.6 Å². The van der Waals surface area contributed by atoms with Crippen LogP contribution in [-0.2, 0) is 6.42 Å². The Bertz CT molecular complexity index is 1290. The Balaban J connectivity index is 1.78. The van der Waals surface area contributed by atoms with Gasteiger partial charge >= 0.3 is 0 Å². The summed E-state index contributed by atoms with van der Waals surface area (Å²) in [6.45, 7) is 6.12. The lowest BCUT2D eigenvalue weighted by molar-refractivity contribution is 0.0972. The number of aryl methyl sites for hydroxylation is 2. The summed E-state index contributed by atoms with van der Waals surface area (Å²) in [5.41, 5.74) is 6.11. The molecule has 2 heterocycles. The molecule has 0 saturated heterocycles. The van der Waals surface area contributed by atoms with Crippen LogP contribution in [-0.4, -0.2) is 27.2 Å². The average molecular weight is 409 g/mol. The molecule has 0 N–H and O–H groups in total. The van der Waals surface area contributed by atoms with Gasteiger partial charge in [-0.1, -0.05) is 43.0 Å². The standard InChI is InChI=1S/C26H23N3O2/c1-3-16-31-20-14-12-18(13-15-20)24-23-17(2)28-29(19-8-5-4-6-9-19)26(23)27-21-10-7-11-22(30)25(21)24/h3-6,8-9,12-15H,1,7,10-11,16H2,2H3. The van der Waals surface area contributed by atoms with E-state index in [1.807, 2.05) is 66.2 Å². The van der Waals surface area contributed by atoms with Crippen LogP contribution in [0, 0.1) is 6.92 Å². The monoisotopic (exact) mass is 409 g/mol. The number of rotatable bonds is 5. The van der Waals surface area contributed by atoms with Crippen molar-refractivity contribution in [3.8, 4) is 22.6 Å². The maximum absolute atomic E-state index is 13.0. The van der Waals surface area contributed by atoms with Gasteiger partial charge in [-0.15, -0.1) is 0 Å². The number of benzene rings is 2. The number of fused-ring (bicyclic) bond motifs is 2. The first-order valence-corrected chi connectivity index (χ1v) is 10.5. The van der Waals surface area contributed by atoms with Crippen molar-refractivity contribution in [1.82, 2.24) is 14.8 Å². The van der Waals surface area contributed by atoms with Gasteiger partial charge in [-0.25, -0.2) is 9.67 Å². The van der Waals surface area contributed by atoms with Crippen LogP contribution in [0.5, 0.6) is 5.75 Å². The molecule has 5 nitrogen and oxygen atoms in total. The molecule has 2 aromatic carbocycles. The molecule has 0 saturated carbocycles. The fourth-order valence-corrected chi connectivity index (χ4v) is 4.30. The van der Waals surface area contributed by atoms with Crippen LogP contribution in [0.15, 0.2) is 67.3 Å². The van der Waals surface area contributed by atoms with E-state index >= 15 is 0 Å². The normalized spacial score (nSPS) is 13.3. The second kappa shape index (κ2) is 7.84. The zero-order valence-electron chi connectivity index (χ0n) is 17.5. The van der Waals surface area contributed by atoms with E-state index < -0.39 is 0 Å². The Labute approximate surface area is 181 Å². The first kappa shape index (κ1) is 19.2. The van der Waals surface area contributed by atoms with Gasteiger partial charge in [-0.2, -0.15) is 5.10 Å². The third kappa shape index (κ3) is 3.32. The Kier molecular flexibility index (Phi) is 4.86. The van der Waals surface area contributed by atoms with Crippen molar-refractivity contribution >= 4 is 16.8 Å². The zero-order valence-corrected chi connectivity index (χ0v) is 17.5. The summed E-state index contributed by atoms with van der Waals surface area (Å²) in [6.07, 6.45) is 3.90. The van der Waals surface area contributed by atoms with Crippen molar-refractivity contribution < 1.29 is 9.53 Å². The minimum atomic E-state index is 0.157. The zero-order chi connectivity index (χ0) is 21.4. The number of hydrogen-bond acceptors (Lipinski definition) is 4. The highest BCUT2D eigenvalue weighted by Crippen LogP contribution is 2.39. The number of ether oxygens (including phenoxy) is 1. The van der Waals surface area contributed by atoms with E-state index in [4.69, 9.17) is 14.8 Å². The fourth-order valence-electron chi connectivity index (χ4n) is 4.30. The van der Waals surface area contributed by atoms with Gasteiger partial charge in [0.05, 0.1) is 22.5 Å². The van der Waals surface area contributed by atoms with Gasteiger partial charge in [-0.3, -0.25) is 4.79 Å². The summed E-state index contributed by atoms with van der Waals surface area (Å²) < 4.78 is 7.52. The third-order valence-corrected chi connectivity index (χ3v) is 5.67. The number of para-hydroxylation sites is 1. The molecule has 0 unspecified atom stereocenters. The van der Waals surface area contributed by atoms with Crippen molar-refractivity contribution in [2.45, 2.75) is 26.2 Å². The lowest BCUT2D eigenvalue weighted by Gasteiger charge is -2.19. The van der Waals surface area contributed by atoms with Crippen LogP contribution in [0.2, 0.25) is 0 Å². The topological polar surface area (TPSA) is 57.0 Å². The Hall–Kier alpha value is -3.73. The predicted octanol–water partition coefficient (Wildman–Crippen LogP) is 5.48. The quantitative estimate of drug-likeness (QED) is 0.410. The van der Waals surface area contributed by atoms with Crippen LogP contribution in [0.4, 0.5) is 0 Å². The van der Waals surface area contributed by atoms with Crippen molar-refractivity contribution in [1.29, 1.82) is 0 Å². The number of ketones is 1. The number of carbonyl (C=O) groups is 1. The summed E-state index contributed by atoms with van der Waals surface area (Å²) in [5, 5.41) is 5.74. The summed E-state index contributed by atoms with van der Waals surface area (Å²) in [4.78, 5) is 18.0. The molecule has 0 bridgehead atoms. The molecule has 0 spiro atoms. The largest absolute Gasteiger partial charge is 0.490 e. The van der Waals surface area contributed by atoms with Gasteiger partial charge in [0.2, 0.25) is 0 Å². The van der Waals surface area contributed by atoms with E-state index in [1.165, 1.54) is 0 Å². The fraction of sp³-hybridized carbons (Fsp3) is 0.192. The summed E-state index contributed by atoms with van der Waals surface area (Å²) >= 11 is 0.